The molecular weight excluding hydrogens is 351 g/mol. The topological polar surface area (TPSA) is 41.5 Å². The highest BCUT2D eigenvalue weighted by Gasteiger charge is 2.13. The molecule has 0 aliphatic heterocycles. The highest BCUT2D eigenvalue weighted by Crippen LogP contribution is 2.35. The van der Waals surface area contributed by atoms with Gasteiger partial charge in [0.05, 0.1) is 11.6 Å². The molecule has 0 unspecified atom stereocenters. The number of ether oxygens (including phenoxy) is 1. The molecule has 0 aromatic heterocycles. The first-order valence-electron chi connectivity index (χ1n) is 5.86. The van der Waals surface area contributed by atoms with Crippen molar-refractivity contribution < 1.29 is 23.0 Å². The van der Waals surface area contributed by atoms with Gasteiger partial charge in [0.25, 0.3) is 0 Å². The third-order valence-electron chi connectivity index (χ3n) is 2.78. The van der Waals surface area contributed by atoms with Crippen LogP contribution in [0.5, 0.6) is 11.5 Å². The molecule has 0 radical (unpaired) electrons. The van der Waals surface area contributed by atoms with Crippen molar-refractivity contribution in [2.45, 2.75) is 6.54 Å². The Morgan fingerprint density at radius 2 is 1.76 bits per heavy atom. The summed E-state index contributed by atoms with van der Waals surface area (Å²) in [5, 5.41) is 12.2. The van der Waals surface area contributed by atoms with Crippen molar-refractivity contribution in [1.82, 2.24) is 0 Å². The monoisotopic (exact) mass is 361 g/mol. The number of anilines is 1. The fourth-order valence-electron chi connectivity index (χ4n) is 1.79. The fraction of sp³-hybridized carbons (Fsp3) is 0.143. The molecule has 0 saturated heterocycles. The first-order chi connectivity index (χ1) is 9.92. The molecule has 3 nitrogen and oxygen atoms in total. The summed E-state index contributed by atoms with van der Waals surface area (Å²) in [4.78, 5) is 0. The van der Waals surface area contributed by atoms with Crippen molar-refractivity contribution in [3.63, 3.8) is 0 Å². The SMILES string of the molecule is COc1cc(CNc2c(F)cc(F)cc2F)cc(Br)c1O. The predicted octanol–water partition coefficient (Wildman–Crippen LogP) is 4.19. The van der Waals surface area contributed by atoms with E-state index in [1.165, 1.54) is 13.2 Å². The van der Waals surface area contributed by atoms with Crippen LogP contribution in [-0.2, 0) is 6.54 Å². The molecule has 2 aromatic carbocycles. The Bertz CT molecular complexity index is 657. The average molecular weight is 362 g/mol. The summed E-state index contributed by atoms with van der Waals surface area (Å²) >= 11 is 3.15. The molecule has 0 spiro atoms. The van der Waals surface area contributed by atoms with Crippen molar-refractivity contribution >= 4 is 21.6 Å². The summed E-state index contributed by atoms with van der Waals surface area (Å²) < 4.78 is 45.1. The van der Waals surface area contributed by atoms with Crippen LogP contribution in [0.25, 0.3) is 0 Å². The number of nitrogens with one attached hydrogen (secondary N) is 1. The van der Waals surface area contributed by atoms with Gasteiger partial charge in [-0.15, -0.1) is 0 Å². The van der Waals surface area contributed by atoms with Gasteiger partial charge in [0, 0.05) is 18.7 Å². The van der Waals surface area contributed by atoms with Crippen LogP contribution in [0.3, 0.4) is 0 Å². The summed E-state index contributed by atoms with van der Waals surface area (Å²) in [6.45, 7) is 0.0642. The molecule has 21 heavy (non-hydrogen) atoms. The molecule has 7 heteroatoms. The number of aromatic hydroxyl groups is 1. The molecule has 2 aromatic rings. The fourth-order valence-corrected chi connectivity index (χ4v) is 2.28. The minimum atomic E-state index is -1.02. The van der Waals surface area contributed by atoms with Gasteiger partial charge in [-0.1, -0.05) is 0 Å². The van der Waals surface area contributed by atoms with E-state index in [4.69, 9.17) is 4.74 Å². The molecule has 0 heterocycles. The van der Waals surface area contributed by atoms with Gasteiger partial charge in [0.15, 0.2) is 23.1 Å². The van der Waals surface area contributed by atoms with E-state index in [1.807, 2.05) is 0 Å². The van der Waals surface area contributed by atoms with Crippen LogP contribution in [0.15, 0.2) is 28.7 Å². The maximum atomic E-state index is 13.5. The smallest absolute Gasteiger partial charge is 0.172 e. The Morgan fingerprint density at radius 1 is 1.14 bits per heavy atom. The Kier molecular flexibility index (Phi) is 4.62. The molecule has 2 N–H and O–H groups in total. The average Bonchev–Trinajstić information content (AvgIpc) is 2.41. The number of methoxy groups -OCH3 is 1. The maximum absolute atomic E-state index is 13.5. The summed E-state index contributed by atoms with van der Waals surface area (Å²) in [6, 6.07) is 4.29. The number of phenols is 1. The van der Waals surface area contributed by atoms with Gasteiger partial charge in [0.1, 0.15) is 11.5 Å². The van der Waals surface area contributed by atoms with Crippen LogP contribution in [0.1, 0.15) is 5.56 Å². The van der Waals surface area contributed by atoms with Gasteiger partial charge in [-0.3, -0.25) is 0 Å². The molecule has 0 aliphatic carbocycles. The zero-order valence-electron chi connectivity index (χ0n) is 10.9. The number of rotatable bonds is 4. The van der Waals surface area contributed by atoms with E-state index in [9.17, 15) is 18.3 Å². The van der Waals surface area contributed by atoms with Gasteiger partial charge in [-0.05, 0) is 33.6 Å². The van der Waals surface area contributed by atoms with Crippen molar-refractivity contribution in [2.75, 3.05) is 12.4 Å². The van der Waals surface area contributed by atoms with Gasteiger partial charge in [-0.25, -0.2) is 13.2 Å². The minimum Gasteiger partial charge on any atom is -0.503 e. The third-order valence-corrected chi connectivity index (χ3v) is 3.39. The van der Waals surface area contributed by atoms with Crippen LogP contribution in [0, 0.1) is 17.5 Å². The summed E-state index contributed by atoms with van der Waals surface area (Å²) in [6.07, 6.45) is 0. The standard InChI is InChI=1S/C14H11BrF3NO2/c1-21-12-3-7(2-9(15)14(12)20)6-19-13-10(17)4-8(16)5-11(13)18/h2-5,19-20H,6H2,1H3. The van der Waals surface area contributed by atoms with E-state index in [-0.39, 0.29) is 18.0 Å². The second kappa shape index (κ2) is 6.26. The lowest BCUT2D eigenvalue weighted by atomic mass is 10.2. The zero-order chi connectivity index (χ0) is 15.6. The molecule has 0 atom stereocenters. The number of halogens is 4. The molecule has 0 fully saturated rings. The van der Waals surface area contributed by atoms with Crippen molar-refractivity contribution in [3.8, 4) is 11.5 Å². The van der Waals surface area contributed by atoms with Gasteiger partial charge < -0.3 is 15.2 Å². The van der Waals surface area contributed by atoms with E-state index in [0.29, 0.717) is 22.2 Å². The highest BCUT2D eigenvalue weighted by molar-refractivity contribution is 9.10. The first kappa shape index (κ1) is 15.5. The van der Waals surface area contributed by atoms with E-state index >= 15 is 0 Å². The van der Waals surface area contributed by atoms with Crippen molar-refractivity contribution in [2.24, 2.45) is 0 Å². The van der Waals surface area contributed by atoms with Crippen LogP contribution in [-0.4, -0.2) is 12.2 Å². The number of phenolic OH excluding ortho intramolecular Hbond substituents is 1. The molecule has 0 amide bonds. The summed E-state index contributed by atoms with van der Waals surface area (Å²) in [5.74, 6) is -2.86. The van der Waals surface area contributed by atoms with E-state index < -0.39 is 23.1 Å². The summed E-state index contributed by atoms with van der Waals surface area (Å²) in [5.41, 5.74) is 0.194. The lowest BCUT2D eigenvalue weighted by molar-refractivity contribution is 0.371. The highest BCUT2D eigenvalue weighted by atomic mass is 79.9. The Balaban J connectivity index is 2.23. The first-order valence-corrected chi connectivity index (χ1v) is 6.65. The minimum absolute atomic E-state index is 0.0642. The van der Waals surface area contributed by atoms with E-state index in [0.717, 1.165) is 0 Å². The normalized spacial score (nSPS) is 10.5. The Labute approximate surface area is 127 Å². The third kappa shape index (κ3) is 3.41. The van der Waals surface area contributed by atoms with Crippen LogP contribution in [0.4, 0.5) is 18.9 Å². The Hall–Kier alpha value is -1.89. The molecule has 0 aliphatic rings. The summed E-state index contributed by atoms with van der Waals surface area (Å²) in [7, 11) is 1.39. The lowest BCUT2D eigenvalue weighted by Crippen LogP contribution is -2.05. The zero-order valence-corrected chi connectivity index (χ0v) is 12.5. The predicted molar refractivity (Wildman–Crippen MR) is 76.0 cm³/mol. The second-order valence-electron chi connectivity index (χ2n) is 4.23. The number of hydrogen-bond acceptors (Lipinski definition) is 3. The Morgan fingerprint density at radius 3 is 2.33 bits per heavy atom. The molecular formula is C14H11BrF3NO2. The quantitative estimate of drug-likeness (QED) is 0.857. The molecule has 0 saturated carbocycles. The number of hydrogen-bond donors (Lipinski definition) is 2. The lowest BCUT2D eigenvalue weighted by Gasteiger charge is -2.12. The van der Waals surface area contributed by atoms with Gasteiger partial charge >= 0.3 is 0 Å². The molecule has 112 valence electrons. The van der Waals surface area contributed by atoms with Gasteiger partial charge in [-0.2, -0.15) is 0 Å². The molecule has 0 bridgehead atoms. The van der Waals surface area contributed by atoms with Crippen LogP contribution < -0.4 is 10.1 Å². The van der Waals surface area contributed by atoms with E-state index in [2.05, 4.69) is 21.2 Å². The van der Waals surface area contributed by atoms with Gasteiger partial charge in [0.2, 0.25) is 0 Å². The van der Waals surface area contributed by atoms with Crippen LogP contribution in [0.2, 0.25) is 0 Å². The van der Waals surface area contributed by atoms with E-state index in [1.54, 1.807) is 6.07 Å². The van der Waals surface area contributed by atoms with Crippen LogP contribution >= 0.6 is 15.9 Å². The maximum Gasteiger partial charge on any atom is 0.172 e. The number of benzene rings is 2. The second-order valence-corrected chi connectivity index (χ2v) is 5.08. The largest absolute Gasteiger partial charge is 0.503 e. The van der Waals surface area contributed by atoms with Crippen molar-refractivity contribution in [3.05, 3.63) is 51.8 Å². The van der Waals surface area contributed by atoms with Crippen molar-refractivity contribution in [1.29, 1.82) is 0 Å². The molecule has 2 rings (SSSR count).